The molecular formula is C26H32N6O5S2. The Bertz CT molecular complexity index is 1440. The minimum atomic E-state index is -3.50. The molecule has 0 saturated carbocycles. The second kappa shape index (κ2) is 11.9. The summed E-state index contributed by atoms with van der Waals surface area (Å²) in [6.45, 7) is 3.44. The number of carbonyl (C=O) groups is 1. The standard InChI is InChI=1S/C26H32N6O5S2/c1-31(2)14-16-37-22-10-9-21-25(28-22)38-26(27-21)29-24(33)23(30-32-12-3-4-13-32)18-5-7-19(8-6-18)39(34,35)20-11-15-36-17-20/h5-10,20H,3-4,11-17H2,1-2H3,(H,27,29,33)/b30-23-. The van der Waals surface area contributed by atoms with Crippen LogP contribution in [0.3, 0.4) is 0 Å². The lowest BCUT2D eigenvalue weighted by Crippen LogP contribution is -2.27. The normalized spacial score (nSPS) is 18.3. The molecule has 2 fully saturated rings. The van der Waals surface area contributed by atoms with Crippen molar-refractivity contribution in [3.8, 4) is 5.88 Å². The molecule has 39 heavy (non-hydrogen) atoms. The van der Waals surface area contributed by atoms with Gasteiger partial charge in [0.05, 0.1) is 16.8 Å². The van der Waals surface area contributed by atoms with E-state index in [-0.39, 0.29) is 17.2 Å². The fourth-order valence-corrected chi connectivity index (χ4v) is 6.76. The van der Waals surface area contributed by atoms with E-state index in [0.717, 1.165) is 32.5 Å². The number of hydrogen-bond donors (Lipinski definition) is 1. The third-order valence-corrected chi connectivity index (χ3v) is 9.62. The second-order valence-electron chi connectivity index (χ2n) is 9.76. The average molecular weight is 573 g/mol. The number of amides is 1. The number of ether oxygens (including phenoxy) is 2. The summed E-state index contributed by atoms with van der Waals surface area (Å²) < 4.78 is 36.9. The van der Waals surface area contributed by atoms with Gasteiger partial charge in [-0.3, -0.25) is 15.1 Å². The summed E-state index contributed by atoms with van der Waals surface area (Å²) in [5.41, 5.74) is 1.38. The number of anilines is 1. The molecule has 11 nitrogen and oxygen atoms in total. The van der Waals surface area contributed by atoms with Gasteiger partial charge in [-0.25, -0.2) is 18.4 Å². The number of likely N-dealkylation sites (N-methyl/N-ethyl adjacent to an activating group) is 1. The molecule has 2 aromatic heterocycles. The monoisotopic (exact) mass is 572 g/mol. The molecule has 4 heterocycles. The first-order valence-electron chi connectivity index (χ1n) is 12.9. The summed E-state index contributed by atoms with van der Waals surface area (Å²) in [6.07, 6.45) is 2.48. The van der Waals surface area contributed by atoms with Crippen LogP contribution in [0.2, 0.25) is 0 Å². The third kappa shape index (κ3) is 6.55. The van der Waals surface area contributed by atoms with E-state index >= 15 is 0 Å². The van der Waals surface area contributed by atoms with Gasteiger partial charge in [-0.15, -0.1) is 0 Å². The maximum Gasteiger partial charge on any atom is 0.278 e. The number of hydrogen-bond acceptors (Lipinski definition) is 11. The molecule has 5 rings (SSSR count). The van der Waals surface area contributed by atoms with E-state index in [1.807, 2.05) is 30.1 Å². The summed E-state index contributed by atoms with van der Waals surface area (Å²) in [7, 11) is 0.443. The fourth-order valence-electron chi connectivity index (χ4n) is 4.35. The predicted molar refractivity (Wildman–Crippen MR) is 150 cm³/mol. The number of fused-ring (bicyclic) bond motifs is 1. The molecule has 0 aliphatic carbocycles. The molecule has 2 saturated heterocycles. The lowest BCUT2D eigenvalue weighted by molar-refractivity contribution is -0.110. The Morgan fingerprint density at radius 3 is 2.64 bits per heavy atom. The van der Waals surface area contributed by atoms with E-state index in [9.17, 15) is 13.2 Å². The molecule has 0 bridgehead atoms. The Hall–Kier alpha value is -3.13. The number of benzene rings is 1. The zero-order valence-electron chi connectivity index (χ0n) is 22.0. The van der Waals surface area contributed by atoms with E-state index in [1.54, 1.807) is 18.2 Å². The zero-order valence-corrected chi connectivity index (χ0v) is 23.6. The van der Waals surface area contributed by atoms with Crippen LogP contribution in [0.4, 0.5) is 5.13 Å². The van der Waals surface area contributed by atoms with E-state index < -0.39 is 21.0 Å². The number of aromatic nitrogens is 2. The first-order valence-corrected chi connectivity index (χ1v) is 15.3. The minimum Gasteiger partial charge on any atom is -0.476 e. The van der Waals surface area contributed by atoms with Gasteiger partial charge in [0.2, 0.25) is 5.88 Å². The molecule has 0 radical (unpaired) electrons. The molecule has 1 atom stereocenters. The number of rotatable bonds is 10. The Kier molecular flexibility index (Phi) is 8.40. The molecule has 1 N–H and O–H groups in total. The van der Waals surface area contributed by atoms with E-state index in [4.69, 9.17) is 9.47 Å². The van der Waals surface area contributed by atoms with Crippen LogP contribution in [0.25, 0.3) is 10.3 Å². The zero-order chi connectivity index (χ0) is 27.4. The van der Waals surface area contributed by atoms with Gasteiger partial charge < -0.3 is 14.4 Å². The Balaban J connectivity index is 1.35. The van der Waals surface area contributed by atoms with Crippen LogP contribution in [0.5, 0.6) is 5.88 Å². The van der Waals surface area contributed by atoms with Crippen LogP contribution in [0.15, 0.2) is 46.4 Å². The first-order chi connectivity index (χ1) is 18.8. The number of carbonyl (C=O) groups excluding carboxylic acids is 1. The molecule has 1 aromatic carbocycles. The first kappa shape index (κ1) is 27.4. The van der Waals surface area contributed by atoms with Crippen molar-refractivity contribution in [3.05, 3.63) is 42.0 Å². The molecule has 2 aliphatic heterocycles. The number of thiazole rings is 1. The summed E-state index contributed by atoms with van der Waals surface area (Å²) in [6, 6.07) is 9.91. The molecule has 1 unspecified atom stereocenters. The highest BCUT2D eigenvalue weighted by atomic mass is 32.2. The van der Waals surface area contributed by atoms with Crippen molar-refractivity contribution in [3.63, 3.8) is 0 Å². The average Bonchev–Trinajstić information content (AvgIpc) is 3.69. The fraction of sp³-hybridized carbons (Fsp3) is 0.462. The predicted octanol–water partition coefficient (Wildman–Crippen LogP) is 2.63. The van der Waals surface area contributed by atoms with Crippen LogP contribution in [0, 0.1) is 0 Å². The second-order valence-corrected chi connectivity index (χ2v) is 13.0. The van der Waals surface area contributed by atoms with Gasteiger partial charge in [-0.2, -0.15) is 5.10 Å². The molecular weight excluding hydrogens is 540 g/mol. The topological polar surface area (TPSA) is 126 Å². The van der Waals surface area contributed by atoms with Gasteiger partial charge >= 0.3 is 0 Å². The molecule has 13 heteroatoms. The van der Waals surface area contributed by atoms with Crippen molar-refractivity contribution < 1.29 is 22.7 Å². The number of nitrogens with one attached hydrogen (secondary N) is 1. The quantitative estimate of drug-likeness (QED) is 0.365. The number of nitrogens with zero attached hydrogens (tertiary/aromatic N) is 5. The molecule has 208 valence electrons. The highest BCUT2D eigenvalue weighted by Gasteiger charge is 2.31. The maximum atomic E-state index is 13.5. The maximum absolute atomic E-state index is 13.5. The van der Waals surface area contributed by atoms with Crippen molar-refractivity contribution in [2.24, 2.45) is 5.10 Å². The van der Waals surface area contributed by atoms with Crippen molar-refractivity contribution in [1.29, 1.82) is 0 Å². The van der Waals surface area contributed by atoms with Gasteiger partial charge in [0.1, 0.15) is 17.0 Å². The van der Waals surface area contributed by atoms with Gasteiger partial charge in [-0.05, 0) is 51.6 Å². The van der Waals surface area contributed by atoms with E-state index in [0.29, 0.717) is 46.6 Å². The van der Waals surface area contributed by atoms with Gasteiger partial charge in [0.15, 0.2) is 20.7 Å². The largest absolute Gasteiger partial charge is 0.476 e. The van der Waals surface area contributed by atoms with Crippen LogP contribution in [-0.4, -0.2) is 98.7 Å². The summed E-state index contributed by atoms with van der Waals surface area (Å²) in [4.78, 5) is 25.4. The van der Waals surface area contributed by atoms with Crippen molar-refractivity contribution >= 4 is 48.3 Å². The smallest absolute Gasteiger partial charge is 0.278 e. The van der Waals surface area contributed by atoms with Crippen LogP contribution >= 0.6 is 11.3 Å². The molecule has 1 amide bonds. The summed E-state index contributed by atoms with van der Waals surface area (Å²) >= 11 is 1.25. The lowest BCUT2D eigenvalue weighted by atomic mass is 10.1. The third-order valence-electron chi connectivity index (χ3n) is 6.56. The van der Waals surface area contributed by atoms with Crippen LogP contribution in [-0.2, 0) is 19.4 Å². The van der Waals surface area contributed by atoms with Crippen molar-refractivity contribution in [2.45, 2.75) is 29.4 Å². The van der Waals surface area contributed by atoms with Crippen LogP contribution in [0.1, 0.15) is 24.8 Å². The summed E-state index contributed by atoms with van der Waals surface area (Å²) in [5.74, 6) is 0.0737. The van der Waals surface area contributed by atoms with Crippen LogP contribution < -0.4 is 10.1 Å². The Morgan fingerprint density at radius 2 is 1.95 bits per heavy atom. The minimum absolute atomic E-state index is 0.199. The summed E-state index contributed by atoms with van der Waals surface area (Å²) in [5, 5.41) is 9.21. The van der Waals surface area contributed by atoms with E-state index in [2.05, 4.69) is 20.4 Å². The SMILES string of the molecule is CN(C)CCOc1ccc2nc(NC(=O)/C(=N\N3CCCC3)c3ccc(S(=O)(=O)C4CCOC4)cc3)sc2n1. The molecule has 3 aromatic rings. The highest BCUT2D eigenvalue weighted by molar-refractivity contribution is 7.92. The van der Waals surface area contributed by atoms with Crippen molar-refractivity contribution in [2.75, 3.05) is 58.9 Å². The lowest BCUT2D eigenvalue weighted by Gasteiger charge is -2.15. The Morgan fingerprint density at radius 1 is 1.18 bits per heavy atom. The molecule has 0 spiro atoms. The number of hydrazone groups is 1. The highest BCUT2D eigenvalue weighted by Crippen LogP contribution is 2.27. The number of pyridine rings is 1. The van der Waals surface area contributed by atoms with Crippen molar-refractivity contribution in [1.82, 2.24) is 19.9 Å². The Labute approximate surface area is 231 Å². The molecule has 2 aliphatic rings. The van der Waals surface area contributed by atoms with Gasteiger partial charge in [-0.1, -0.05) is 23.5 Å². The number of sulfone groups is 1. The van der Waals surface area contributed by atoms with Gasteiger partial charge in [0, 0.05) is 37.9 Å². The van der Waals surface area contributed by atoms with E-state index in [1.165, 1.54) is 23.5 Å². The van der Waals surface area contributed by atoms with Gasteiger partial charge in [0.25, 0.3) is 5.91 Å².